The molecule has 16 heavy (non-hydrogen) atoms. The predicted octanol–water partition coefficient (Wildman–Crippen LogP) is 0.931. The van der Waals surface area contributed by atoms with Crippen LogP contribution in [0.5, 0.6) is 5.88 Å². The van der Waals surface area contributed by atoms with E-state index in [1.54, 1.807) is 12.1 Å². The summed E-state index contributed by atoms with van der Waals surface area (Å²) in [5, 5.41) is 0. The molecule has 0 bridgehead atoms. The van der Waals surface area contributed by atoms with E-state index in [9.17, 15) is 4.79 Å². The average molecular weight is 217 g/mol. The third-order valence-electron chi connectivity index (χ3n) is 2.03. The third kappa shape index (κ3) is 2.38. The quantitative estimate of drug-likeness (QED) is 0.749. The van der Waals surface area contributed by atoms with Gasteiger partial charge in [-0.2, -0.15) is 0 Å². The van der Waals surface area contributed by atoms with E-state index < -0.39 is 0 Å². The highest BCUT2D eigenvalue weighted by Gasteiger charge is 2.01. The van der Waals surface area contributed by atoms with Crippen LogP contribution in [0.3, 0.4) is 0 Å². The molecular weight excluding hydrogens is 206 g/mol. The molecule has 1 heterocycles. The molecule has 0 aliphatic rings. The minimum absolute atomic E-state index is 0.0688. The summed E-state index contributed by atoms with van der Waals surface area (Å²) in [6.45, 7) is 0.292. The number of ether oxygens (including phenoxy) is 1. The van der Waals surface area contributed by atoms with Crippen molar-refractivity contribution in [2.75, 3.05) is 5.73 Å². The van der Waals surface area contributed by atoms with Gasteiger partial charge in [0, 0.05) is 18.1 Å². The van der Waals surface area contributed by atoms with E-state index in [1.807, 2.05) is 12.1 Å². The van der Waals surface area contributed by atoms with Crippen LogP contribution in [0.2, 0.25) is 0 Å². The predicted molar refractivity (Wildman–Crippen MR) is 60.0 cm³/mol. The monoisotopic (exact) mass is 217 g/mol. The summed E-state index contributed by atoms with van der Waals surface area (Å²) < 4.78 is 5.27. The first-order valence-electron chi connectivity index (χ1n) is 4.76. The maximum atomic E-state index is 11.2. The summed E-state index contributed by atoms with van der Waals surface area (Å²) in [4.78, 5) is 17.5. The molecule has 82 valence electrons. The molecule has 0 aliphatic heterocycles. The Morgan fingerprint density at radius 1 is 1.31 bits per heavy atom. The van der Waals surface area contributed by atoms with Gasteiger partial charge in [-0.05, 0) is 17.7 Å². The van der Waals surface area contributed by atoms with Gasteiger partial charge in [0.2, 0.25) is 0 Å². The summed E-state index contributed by atoms with van der Waals surface area (Å²) in [7, 11) is 0. The molecule has 2 aromatic rings. The number of hydrogen-bond acceptors (Lipinski definition) is 4. The smallest absolute Gasteiger partial charge is 0.310 e. The van der Waals surface area contributed by atoms with Gasteiger partial charge in [-0.3, -0.25) is 4.79 Å². The average Bonchev–Trinajstić information content (AvgIpc) is 2.30. The number of nitrogen functional groups attached to an aromatic ring is 1. The summed E-state index contributed by atoms with van der Waals surface area (Å²) in [6.07, 6.45) is 2.93. The summed E-state index contributed by atoms with van der Waals surface area (Å²) >= 11 is 0. The maximum Gasteiger partial charge on any atom is 0.310 e. The molecule has 3 N–H and O–H groups in total. The van der Waals surface area contributed by atoms with Gasteiger partial charge >= 0.3 is 5.56 Å². The van der Waals surface area contributed by atoms with E-state index in [-0.39, 0.29) is 11.4 Å². The maximum absolute atomic E-state index is 11.2. The molecule has 0 unspecified atom stereocenters. The van der Waals surface area contributed by atoms with Crippen LogP contribution in [0.15, 0.2) is 41.5 Å². The van der Waals surface area contributed by atoms with Crippen LogP contribution in [0, 0.1) is 0 Å². The van der Waals surface area contributed by atoms with E-state index in [0.717, 1.165) is 5.56 Å². The summed E-state index contributed by atoms with van der Waals surface area (Å²) in [5.74, 6) is 0.0688. The van der Waals surface area contributed by atoms with Gasteiger partial charge in [-0.25, -0.2) is 4.98 Å². The minimum Gasteiger partial charge on any atom is -0.469 e. The van der Waals surface area contributed by atoms with Gasteiger partial charge in [0.25, 0.3) is 5.88 Å². The fraction of sp³-hybridized carbons (Fsp3) is 0.0909. The highest BCUT2D eigenvalue weighted by Crippen LogP contribution is 2.07. The van der Waals surface area contributed by atoms with Crippen LogP contribution in [-0.4, -0.2) is 9.97 Å². The van der Waals surface area contributed by atoms with E-state index in [2.05, 4.69) is 9.97 Å². The number of nitrogens with one attached hydrogen (secondary N) is 1. The van der Waals surface area contributed by atoms with Gasteiger partial charge in [-0.1, -0.05) is 12.1 Å². The van der Waals surface area contributed by atoms with Gasteiger partial charge in [0.05, 0.1) is 0 Å². The lowest BCUT2D eigenvalue weighted by atomic mass is 10.2. The number of rotatable bonds is 3. The molecule has 0 spiro atoms. The fourth-order valence-corrected chi connectivity index (χ4v) is 1.21. The first kappa shape index (κ1) is 10.2. The van der Waals surface area contributed by atoms with Crippen molar-refractivity contribution >= 4 is 5.69 Å². The lowest BCUT2D eigenvalue weighted by Gasteiger charge is -2.04. The van der Waals surface area contributed by atoms with Gasteiger partial charge < -0.3 is 15.5 Å². The van der Waals surface area contributed by atoms with Crippen LogP contribution in [0.4, 0.5) is 5.69 Å². The van der Waals surface area contributed by atoms with Gasteiger partial charge in [0.15, 0.2) is 0 Å². The largest absolute Gasteiger partial charge is 0.469 e. The minimum atomic E-state index is -0.335. The van der Waals surface area contributed by atoms with Crippen molar-refractivity contribution < 1.29 is 4.74 Å². The normalized spacial score (nSPS) is 10.0. The van der Waals surface area contributed by atoms with Crippen molar-refractivity contribution in [1.29, 1.82) is 0 Å². The molecule has 0 amide bonds. The number of anilines is 1. The molecule has 0 atom stereocenters. The molecule has 0 radical (unpaired) electrons. The molecule has 1 aromatic carbocycles. The molecule has 0 aliphatic carbocycles. The summed E-state index contributed by atoms with van der Waals surface area (Å²) in [6, 6.07) is 7.24. The Bertz CT molecular complexity index is 519. The molecule has 5 heteroatoms. The number of H-pyrrole nitrogens is 1. The molecular formula is C11H11N3O2. The Balaban J connectivity index is 2.05. The van der Waals surface area contributed by atoms with E-state index in [0.29, 0.717) is 12.3 Å². The zero-order valence-corrected chi connectivity index (χ0v) is 8.51. The molecule has 0 saturated carbocycles. The lowest BCUT2D eigenvalue weighted by molar-refractivity contribution is 0.289. The Hall–Kier alpha value is -2.30. The van der Waals surface area contributed by atoms with Crippen molar-refractivity contribution in [3.8, 4) is 5.88 Å². The van der Waals surface area contributed by atoms with Crippen molar-refractivity contribution in [2.24, 2.45) is 0 Å². The van der Waals surface area contributed by atoms with Crippen LogP contribution in [0.25, 0.3) is 0 Å². The Kier molecular flexibility index (Phi) is 2.86. The number of nitrogens with zero attached hydrogens (tertiary/aromatic N) is 1. The first-order valence-corrected chi connectivity index (χ1v) is 4.76. The number of aromatic nitrogens is 2. The second-order valence-corrected chi connectivity index (χ2v) is 3.25. The lowest BCUT2D eigenvalue weighted by Crippen LogP contribution is -2.11. The highest BCUT2D eigenvalue weighted by molar-refractivity contribution is 5.39. The molecule has 0 saturated heterocycles. The number of aromatic amines is 1. The van der Waals surface area contributed by atoms with Crippen LogP contribution < -0.4 is 16.0 Å². The second-order valence-electron chi connectivity index (χ2n) is 3.25. The molecule has 5 nitrogen and oxygen atoms in total. The number of benzene rings is 1. The van der Waals surface area contributed by atoms with Crippen molar-refractivity contribution in [3.63, 3.8) is 0 Å². The van der Waals surface area contributed by atoms with Crippen molar-refractivity contribution in [3.05, 3.63) is 52.6 Å². The third-order valence-corrected chi connectivity index (χ3v) is 2.03. The molecule has 2 rings (SSSR count). The molecule has 0 fully saturated rings. The SMILES string of the molecule is Nc1ccc(COc2ncc[nH]c2=O)cc1. The fourth-order valence-electron chi connectivity index (χ4n) is 1.21. The topological polar surface area (TPSA) is 81.0 Å². The standard InChI is InChI=1S/C11H11N3O2/c12-9-3-1-8(2-4-9)7-16-11-10(15)13-5-6-14-11/h1-6H,7,12H2,(H,13,15). The number of hydrogen-bond donors (Lipinski definition) is 2. The molecule has 1 aromatic heterocycles. The zero-order chi connectivity index (χ0) is 11.4. The Labute approximate surface area is 91.9 Å². The van der Waals surface area contributed by atoms with Crippen molar-refractivity contribution in [2.45, 2.75) is 6.61 Å². The number of nitrogens with two attached hydrogens (primary N) is 1. The van der Waals surface area contributed by atoms with Gasteiger partial charge in [0.1, 0.15) is 6.61 Å². The Morgan fingerprint density at radius 2 is 2.06 bits per heavy atom. The highest BCUT2D eigenvalue weighted by atomic mass is 16.5. The van der Waals surface area contributed by atoms with Gasteiger partial charge in [-0.15, -0.1) is 0 Å². The van der Waals surface area contributed by atoms with E-state index in [4.69, 9.17) is 10.5 Å². The van der Waals surface area contributed by atoms with Crippen LogP contribution in [-0.2, 0) is 6.61 Å². The zero-order valence-electron chi connectivity index (χ0n) is 8.51. The summed E-state index contributed by atoms with van der Waals surface area (Å²) in [5.41, 5.74) is 6.84. The van der Waals surface area contributed by atoms with E-state index >= 15 is 0 Å². The second kappa shape index (κ2) is 4.48. The van der Waals surface area contributed by atoms with Crippen LogP contribution >= 0.6 is 0 Å². The van der Waals surface area contributed by atoms with Crippen molar-refractivity contribution in [1.82, 2.24) is 9.97 Å². The Morgan fingerprint density at radius 3 is 2.75 bits per heavy atom. The van der Waals surface area contributed by atoms with Crippen LogP contribution in [0.1, 0.15) is 5.56 Å². The van der Waals surface area contributed by atoms with E-state index in [1.165, 1.54) is 12.4 Å². The first-order chi connectivity index (χ1) is 7.75.